The van der Waals surface area contributed by atoms with E-state index in [0.29, 0.717) is 39.5 Å². The number of carboxylic acid groups (broad SMARTS) is 1. The molecule has 166 valence electrons. The van der Waals surface area contributed by atoms with Crippen LogP contribution in [0.2, 0.25) is 10.0 Å². The maximum absolute atomic E-state index is 11.0. The molecule has 6 nitrogen and oxygen atoms in total. The van der Waals surface area contributed by atoms with E-state index in [0.717, 1.165) is 0 Å². The maximum Gasteiger partial charge on any atom is 0.335 e. The highest BCUT2D eigenvalue weighted by atomic mass is 35.5. The van der Waals surface area contributed by atoms with Crippen LogP contribution >= 0.6 is 23.2 Å². The lowest BCUT2D eigenvalue weighted by atomic mass is 10.1. The number of ether oxygens (including phenoxy) is 4. The molecular weight excluding hydrogens is 455 g/mol. The molecule has 1 heterocycles. The predicted octanol–water partition coefficient (Wildman–Crippen LogP) is 6.15. The molecular formula is C24H20Cl2O6. The lowest BCUT2D eigenvalue weighted by molar-refractivity contribution is -0.194. The molecule has 0 aromatic heterocycles. The fourth-order valence-corrected chi connectivity index (χ4v) is 3.76. The fraction of sp³-hybridized carbons (Fsp3) is 0.208. The third-order valence-corrected chi connectivity index (χ3v) is 5.44. The number of rotatable bonds is 7. The molecule has 0 aliphatic carbocycles. The van der Waals surface area contributed by atoms with Crippen molar-refractivity contribution in [3.8, 4) is 17.2 Å². The number of hydrogen-bond donors (Lipinski definition) is 1. The molecule has 1 N–H and O–H groups in total. The summed E-state index contributed by atoms with van der Waals surface area (Å²) >= 11 is 12.5. The Morgan fingerprint density at radius 3 is 2.28 bits per heavy atom. The first kappa shape index (κ1) is 22.4. The van der Waals surface area contributed by atoms with Crippen LogP contribution in [0.3, 0.4) is 0 Å². The zero-order valence-electron chi connectivity index (χ0n) is 17.1. The SMILES string of the molecule is CC1COC(COc2ccc(C(=O)O)cc2)(c2ccc(Oc3ccc(Cl)cc3)cc2Cl)O1. The summed E-state index contributed by atoms with van der Waals surface area (Å²) in [5, 5.41) is 10.1. The van der Waals surface area contributed by atoms with Crippen LogP contribution in [0.1, 0.15) is 22.8 Å². The molecule has 1 aliphatic heterocycles. The second kappa shape index (κ2) is 9.38. The Labute approximate surface area is 195 Å². The summed E-state index contributed by atoms with van der Waals surface area (Å²) in [5.41, 5.74) is 0.780. The molecule has 3 aromatic rings. The zero-order valence-corrected chi connectivity index (χ0v) is 18.6. The predicted molar refractivity (Wildman–Crippen MR) is 120 cm³/mol. The minimum atomic E-state index is -1.21. The first-order valence-corrected chi connectivity index (χ1v) is 10.6. The quantitative estimate of drug-likeness (QED) is 0.442. The molecule has 0 amide bonds. The Morgan fingerprint density at radius 2 is 1.69 bits per heavy atom. The van der Waals surface area contributed by atoms with Gasteiger partial charge in [-0.3, -0.25) is 0 Å². The molecule has 0 radical (unpaired) electrons. The Kier molecular flexibility index (Phi) is 6.58. The van der Waals surface area contributed by atoms with Gasteiger partial charge in [0, 0.05) is 10.6 Å². The van der Waals surface area contributed by atoms with E-state index in [1.54, 1.807) is 54.6 Å². The van der Waals surface area contributed by atoms with E-state index in [9.17, 15) is 4.79 Å². The maximum atomic E-state index is 11.0. The number of halogens is 2. The first-order valence-electron chi connectivity index (χ1n) is 9.86. The highest BCUT2D eigenvalue weighted by Crippen LogP contribution is 2.40. The lowest BCUT2D eigenvalue weighted by Gasteiger charge is -2.29. The Morgan fingerprint density at radius 1 is 1.03 bits per heavy atom. The van der Waals surface area contributed by atoms with E-state index >= 15 is 0 Å². The van der Waals surface area contributed by atoms with Crippen LogP contribution < -0.4 is 9.47 Å². The molecule has 4 rings (SSSR count). The summed E-state index contributed by atoms with van der Waals surface area (Å²) in [4.78, 5) is 11.0. The topological polar surface area (TPSA) is 74.2 Å². The van der Waals surface area contributed by atoms with Gasteiger partial charge < -0.3 is 24.1 Å². The van der Waals surface area contributed by atoms with Crippen molar-refractivity contribution in [3.63, 3.8) is 0 Å². The van der Waals surface area contributed by atoms with Gasteiger partial charge in [0.15, 0.2) is 0 Å². The summed E-state index contributed by atoms with van der Waals surface area (Å²) < 4.78 is 23.8. The number of benzene rings is 3. The third kappa shape index (κ3) is 5.00. The Balaban J connectivity index is 1.54. The molecule has 2 atom stereocenters. The molecule has 32 heavy (non-hydrogen) atoms. The fourth-order valence-electron chi connectivity index (χ4n) is 3.32. The van der Waals surface area contributed by atoms with E-state index in [-0.39, 0.29) is 18.3 Å². The zero-order chi connectivity index (χ0) is 22.7. The third-order valence-electron chi connectivity index (χ3n) is 4.87. The van der Waals surface area contributed by atoms with Crippen molar-refractivity contribution < 1.29 is 28.8 Å². The van der Waals surface area contributed by atoms with Crippen molar-refractivity contribution >= 4 is 29.2 Å². The molecule has 3 aromatic carbocycles. The van der Waals surface area contributed by atoms with Crippen LogP contribution in [0.4, 0.5) is 0 Å². The molecule has 1 fully saturated rings. The van der Waals surface area contributed by atoms with Crippen molar-refractivity contribution in [1.82, 2.24) is 0 Å². The summed E-state index contributed by atoms with van der Waals surface area (Å²) in [6.07, 6.45) is -0.158. The highest BCUT2D eigenvalue weighted by Gasteiger charge is 2.44. The normalized spacial score (nSPS) is 20.2. The number of hydrogen-bond acceptors (Lipinski definition) is 5. The van der Waals surface area contributed by atoms with Gasteiger partial charge in [-0.15, -0.1) is 0 Å². The van der Waals surface area contributed by atoms with Gasteiger partial charge in [0.25, 0.3) is 0 Å². The van der Waals surface area contributed by atoms with Crippen LogP contribution in [0.5, 0.6) is 17.2 Å². The second-order valence-corrected chi connectivity index (χ2v) is 8.15. The van der Waals surface area contributed by atoms with E-state index < -0.39 is 11.8 Å². The summed E-state index contributed by atoms with van der Waals surface area (Å²) in [6, 6.07) is 18.4. The molecule has 0 bridgehead atoms. The monoisotopic (exact) mass is 474 g/mol. The molecule has 0 saturated carbocycles. The average Bonchev–Trinajstić information content (AvgIpc) is 3.16. The van der Waals surface area contributed by atoms with Gasteiger partial charge in [-0.05, 0) is 73.7 Å². The lowest BCUT2D eigenvalue weighted by Crippen LogP contribution is -2.35. The van der Waals surface area contributed by atoms with Gasteiger partial charge in [-0.2, -0.15) is 0 Å². The minimum Gasteiger partial charge on any atom is -0.488 e. The van der Waals surface area contributed by atoms with Crippen LogP contribution in [0.15, 0.2) is 66.7 Å². The molecule has 0 spiro atoms. The van der Waals surface area contributed by atoms with E-state index in [2.05, 4.69) is 0 Å². The Hall–Kier alpha value is -2.77. The van der Waals surface area contributed by atoms with Crippen molar-refractivity contribution in [2.24, 2.45) is 0 Å². The van der Waals surface area contributed by atoms with Crippen molar-refractivity contribution in [2.75, 3.05) is 13.2 Å². The number of carbonyl (C=O) groups is 1. The highest BCUT2D eigenvalue weighted by molar-refractivity contribution is 6.31. The summed E-state index contributed by atoms with van der Waals surface area (Å²) in [5.74, 6) is -0.548. The van der Waals surface area contributed by atoms with Gasteiger partial charge in [0.05, 0.1) is 23.3 Å². The van der Waals surface area contributed by atoms with Crippen LogP contribution in [0.25, 0.3) is 0 Å². The first-order chi connectivity index (χ1) is 15.3. The van der Waals surface area contributed by atoms with Crippen molar-refractivity contribution in [3.05, 3.63) is 87.9 Å². The second-order valence-electron chi connectivity index (χ2n) is 7.31. The van der Waals surface area contributed by atoms with E-state index in [1.807, 2.05) is 6.92 Å². The van der Waals surface area contributed by atoms with Crippen molar-refractivity contribution in [2.45, 2.75) is 18.8 Å². The van der Waals surface area contributed by atoms with Gasteiger partial charge in [0.2, 0.25) is 5.79 Å². The molecule has 1 aliphatic rings. The largest absolute Gasteiger partial charge is 0.488 e. The average molecular weight is 475 g/mol. The Bertz CT molecular complexity index is 1100. The van der Waals surface area contributed by atoms with Crippen molar-refractivity contribution in [1.29, 1.82) is 0 Å². The number of aromatic carboxylic acids is 1. The van der Waals surface area contributed by atoms with Gasteiger partial charge >= 0.3 is 5.97 Å². The smallest absolute Gasteiger partial charge is 0.335 e. The number of carboxylic acids is 1. The van der Waals surface area contributed by atoms with E-state index in [4.69, 9.17) is 47.3 Å². The van der Waals surface area contributed by atoms with E-state index in [1.165, 1.54) is 12.1 Å². The van der Waals surface area contributed by atoms with Gasteiger partial charge in [-0.1, -0.05) is 23.2 Å². The minimum absolute atomic E-state index is 0.0286. The summed E-state index contributed by atoms with van der Waals surface area (Å²) in [7, 11) is 0. The molecule has 8 heteroatoms. The summed E-state index contributed by atoms with van der Waals surface area (Å²) in [6.45, 7) is 2.30. The molecule has 1 saturated heterocycles. The van der Waals surface area contributed by atoms with Crippen LogP contribution in [-0.2, 0) is 15.3 Å². The van der Waals surface area contributed by atoms with Gasteiger partial charge in [0.1, 0.15) is 23.9 Å². The van der Waals surface area contributed by atoms with Crippen LogP contribution in [0, 0.1) is 0 Å². The standard InChI is InChI=1S/C24H20Cl2O6/c1-15-13-30-24(32-15,14-29-18-6-2-16(3-7-18)23(27)28)21-11-10-20(12-22(21)26)31-19-8-4-17(25)5-9-19/h2-12,15H,13-14H2,1H3,(H,27,28). The van der Waals surface area contributed by atoms with Crippen LogP contribution in [-0.4, -0.2) is 30.4 Å². The van der Waals surface area contributed by atoms with Gasteiger partial charge in [-0.25, -0.2) is 4.79 Å². The molecule has 2 unspecified atom stereocenters.